The first-order valence-electron chi connectivity index (χ1n) is 8.55. The number of sulfonamides is 1. The summed E-state index contributed by atoms with van der Waals surface area (Å²) in [5.41, 5.74) is 2.21. The summed E-state index contributed by atoms with van der Waals surface area (Å²) in [7, 11) is -2.36. The summed E-state index contributed by atoms with van der Waals surface area (Å²) in [6, 6.07) is 15.4. The van der Waals surface area contributed by atoms with E-state index in [1.165, 1.54) is 18.2 Å². The first-order chi connectivity index (χ1) is 13.7. The average Bonchev–Trinajstić information content (AvgIpc) is 2.67. The normalized spacial score (nSPS) is 11.1. The molecule has 3 N–H and O–H groups in total. The van der Waals surface area contributed by atoms with Gasteiger partial charge in [0.1, 0.15) is 17.1 Å². The summed E-state index contributed by atoms with van der Waals surface area (Å²) in [6.45, 7) is 1.90. The zero-order valence-electron chi connectivity index (χ0n) is 15.7. The second-order valence-corrected chi connectivity index (χ2v) is 8.04. The van der Waals surface area contributed by atoms with Gasteiger partial charge in [-0.05, 0) is 60.0 Å². The van der Waals surface area contributed by atoms with Crippen molar-refractivity contribution in [2.45, 2.75) is 11.8 Å². The highest BCUT2D eigenvalue weighted by Crippen LogP contribution is 2.29. The summed E-state index contributed by atoms with van der Waals surface area (Å²) in [4.78, 5) is 11.0. The number of nitrogens with one attached hydrogen (secondary N) is 1. The van der Waals surface area contributed by atoms with Gasteiger partial charge in [-0.3, -0.25) is 4.72 Å². The molecule has 0 spiro atoms. The van der Waals surface area contributed by atoms with E-state index in [1.54, 1.807) is 19.2 Å². The van der Waals surface area contributed by atoms with Crippen LogP contribution >= 0.6 is 0 Å². The predicted octanol–water partition coefficient (Wildman–Crippen LogP) is 3.88. The Morgan fingerprint density at radius 1 is 1.00 bits per heavy atom. The number of aryl methyl sites for hydroxylation is 1. The van der Waals surface area contributed by atoms with Gasteiger partial charge in [-0.25, -0.2) is 13.2 Å². The highest BCUT2D eigenvalue weighted by atomic mass is 32.2. The molecule has 150 valence electrons. The number of ether oxygens (including phenoxy) is 1. The van der Waals surface area contributed by atoms with Gasteiger partial charge in [-0.1, -0.05) is 18.2 Å². The standard InChI is InChI=1S/C21H19NO6S/c1-13-10-15(6-9-20(13)28-2)14-4-3-5-17(11-14)29(26,27)22-16-7-8-18(21(24)25)19(23)12-16/h3-12,22-23H,1-2H3,(H,24,25). The summed E-state index contributed by atoms with van der Waals surface area (Å²) >= 11 is 0. The van der Waals surface area contributed by atoms with Gasteiger partial charge in [0.25, 0.3) is 10.0 Å². The number of anilines is 1. The lowest BCUT2D eigenvalue weighted by atomic mass is 10.0. The number of hydrogen-bond donors (Lipinski definition) is 3. The Labute approximate surface area is 168 Å². The Bertz CT molecular complexity index is 1190. The third-order valence-corrected chi connectivity index (χ3v) is 5.73. The van der Waals surface area contributed by atoms with Crippen molar-refractivity contribution in [3.63, 3.8) is 0 Å². The molecule has 0 bridgehead atoms. The summed E-state index contributed by atoms with van der Waals surface area (Å²) in [6.07, 6.45) is 0. The van der Waals surface area contributed by atoms with Crippen LogP contribution in [0, 0.1) is 6.92 Å². The van der Waals surface area contributed by atoms with Crippen molar-refractivity contribution >= 4 is 21.7 Å². The Morgan fingerprint density at radius 3 is 2.34 bits per heavy atom. The molecule has 3 rings (SSSR count). The van der Waals surface area contributed by atoms with Crippen molar-refractivity contribution < 1.29 is 28.2 Å². The van der Waals surface area contributed by atoms with Crippen LogP contribution in [0.3, 0.4) is 0 Å². The van der Waals surface area contributed by atoms with E-state index in [1.807, 2.05) is 25.1 Å². The van der Waals surface area contributed by atoms with Crippen LogP contribution in [0.15, 0.2) is 65.6 Å². The fourth-order valence-corrected chi connectivity index (χ4v) is 3.99. The van der Waals surface area contributed by atoms with Gasteiger partial charge in [0.05, 0.1) is 17.7 Å². The second kappa shape index (κ2) is 7.84. The number of carboxylic acids is 1. The zero-order valence-corrected chi connectivity index (χ0v) is 16.5. The third kappa shape index (κ3) is 4.33. The fraction of sp³-hybridized carbons (Fsp3) is 0.0952. The van der Waals surface area contributed by atoms with Crippen LogP contribution in [0.4, 0.5) is 5.69 Å². The fourth-order valence-electron chi connectivity index (χ4n) is 2.89. The molecule has 3 aromatic carbocycles. The van der Waals surface area contributed by atoms with E-state index in [4.69, 9.17) is 9.84 Å². The lowest BCUT2D eigenvalue weighted by molar-refractivity contribution is 0.0694. The summed E-state index contributed by atoms with van der Waals surface area (Å²) in [5.74, 6) is -1.09. The molecule has 0 saturated carbocycles. The van der Waals surface area contributed by atoms with Crippen LogP contribution in [0.2, 0.25) is 0 Å². The van der Waals surface area contributed by atoms with E-state index in [0.717, 1.165) is 29.0 Å². The Morgan fingerprint density at radius 2 is 1.72 bits per heavy atom. The van der Waals surface area contributed by atoms with Gasteiger partial charge in [0.15, 0.2) is 0 Å². The quantitative estimate of drug-likeness (QED) is 0.565. The first kappa shape index (κ1) is 20.2. The highest BCUT2D eigenvalue weighted by Gasteiger charge is 2.17. The number of benzene rings is 3. The molecule has 0 aliphatic rings. The number of methoxy groups -OCH3 is 1. The Kier molecular flexibility index (Phi) is 5.47. The molecule has 0 unspecified atom stereocenters. The molecule has 0 heterocycles. The number of hydrogen-bond acceptors (Lipinski definition) is 5. The van der Waals surface area contributed by atoms with Crippen molar-refractivity contribution in [2.75, 3.05) is 11.8 Å². The minimum atomic E-state index is -3.95. The van der Waals surface area contributed by atoms with Crippen LogP contribution in [-0.4, -0.2) is 31.7 Å². The second-order valence-electron chi connectivity index (χ2n) is 6.35. The average molecular weight is 413 g/mol. The topological polar surface area (TPSA) is 113 Å². The van der Waals surface area contributed by atoms with E-state index in [-0.39, 0.29) is 16.1 Å². The molecular formula is C21H19NO6S. The summed E-state index contributed by atoms with van der Waals surface area (Å²) in [5, 5.41) is 18.7. The highest BCUT2D eigenvalue weighted by molar-refractivity contribution is 7.92. The molecule has 0 aromatic heterocycles. The Hall–Kier alpha value is -3.52. The van der Waals surface area contributed by atoms with E-state index in [9.17, 15) is 18.3 Å². The molecule has 7 nitrogen and oxygen atoms in total. The van der Waals surface area contributed by atoms with Crippen LogP contribution in [0.1, 0.15) is 15.9 Å². The maximum Gasteiger partial charge on any atom is 0.339 e. The van der Waals surface area contributed by atoms with Gasteiger partial charge in [0.2, 0.25) is 0 Å². The van der Waals surface area contributed by atoms with Crippen LogP contribution in [0.25, 0.3) is 11.1 Å². The molecule has 0 radical (unpaired) electrons. The maximum absolute atomic E-state index is 12.8. The zero-order chi connectivity index (χ0) is 21.2. The lowest BCUT2D eigenvalue weighted by Gasteiger charge is -2.11. The molecule has 0 saturated heterocycles. The molecule has 0 fully saturated rings. The molecule has 3 aromatic rings. The van der Waals surface area contributed by atoms with Crippen LogP contribution < -0.4 is 9.46 Å². The SMILES string of the molecule is COc1ccc(-c2cccc(S(=O)(=O)Nc3ccc(C(=O)O)c(O)c3)c2)cc1C. The Balaban J connectivity index is 1.92. The van der Waals surface area contributed by atoms with E-state index < -0.39 is 21.7 Å². The van der Waals surface area contributed by atoms with Crippen LogP contribution in [0.5, 0.6) is 11.5 Å². The van der Waals surface area contributed by atoms with Crippen molar-refractivity contribution in [1.82, 2.24) is 0 Å². The van der Waals surface area contributed by atoms with Gasteiger partial charge < -0.3 is 14.9 Å². The van der Waals surface area contributed by atoms with Gasteiger partial charge >= 0.3 is 5.97 Å². The molecule has 0 aliphatic carbocycles. The van der Waals surface area contributed by atoms with E-state index >= 15 is 0 Å². The number of rotatable bonds is 6. The number of aromatic carboxylic acids is 1. The molecule has 0 atom stereocenters. The minimum absolute atomic E-state index is 0.0327. The first-order valence-corrected chi connectivity index (χ1v) is 10.0. The molecular weight excluding hydrogens is 394 g/mol. The number of phenols is 1. The predicted molar refractivity (Wildman–Crippen MR) is 109 cm³/mol. The molecule has 8 heteroatoms. The molecule has 0 amide bonds. The number of aromatic hydroxyl groups is 1. The largest absolute Gasteiger partial charge is 0.507 e. The molecule has 29 heavy (non-hydrogen) atoms. The van der Waals surface area contributed by atoms with Gasteiger partial charge in [0, 0.05) is 6.07 Å². The number of carbonyl (C=O) groups is 1. The van der Waals surface area contributed by atoms with Gasteiger partial charge in [-0.2, -0.15) is 0 Å². The number of carboxylic acid groups (broad SMARTS) is 1. The van der Waals surface area contributed by atoms with E-state index in [2.05, 4.69) is 4.72 Å². The van der Waals surface area contributed by atoms with Crippen molar-refractivity contribution in [1.29, 1.82) is 0 Å². The van der Waals surface area contributed by atoms with Crippen molar-refractivity contribution in [3.05, 3.63) is 71.8 Å². The molecule has 0 aliphatic heterocycles. The smallest absolute Gasteiger partial charge is 0.339 e. The van der Waals surface area contributed by atoms with Crippen molar-refractivity contribution in [3.8, 4) is 22.6 Å². The maximum atomic E-state index is 12.8. The third-order valence-electron chi connectivity index (χ3n) is 4.35. The van der Waals surface area contributed by atoms with Crippen LogP contribution in [-0.2, 0) is 10.0 Å². The van der Waals surface area contributed by atoms with E-state index in [0.29, 0.717) is 5.56 Å². The minimum Gasteiger partial charge on any atom is -0.507 e. The van der Waals surface area contributed by atoms with Gasteiger partial charge in [-0.15, -0.1) is 0 Å². The van der Waals surface area contributed by atoms with Crippen molar-refractivity contribution in [2.24, 2.45) is 0 Å². The monoisotopic (exact) mass is 413 g/mol. The summed E-state index contributed by atoms with van der Waals surface area (Å²) < 4.78 is 33.1. The lowest BCUT2D eigenvalue weighted by Crippen LogP contribution is -2.13.